The van der Waals surface area contributed by atoms with Crippen LogP contribution in [0.1, 0.15) is 63.7 Å². The van der Waals surface area contributed by atoms with Gasteiger partial charge in [-0.2, -0.15) is 0 Å². The molecule has 298 valence electrons. The van der Waals surface area contributed by atoms with Gasteiger partial charge in [0.2, 0.25) is 0 Å². The molecule has 0 saturated heterocycles. The molecule has 0 saturated carbocycles. The molecule has 3 aliphatic rings. The summed E-state index contributed by atoms with van der Waals surface area (Å²) in [6, 6.07) is 54.6. The number of hydrogen-bond donors (Lipinski definition) is 0. The Balaban J connectivity index is 1.00. The van der Waals surface area contributed by atoms with Gasteiger partial charge in [0.05, 0.1) is 28.3 Å². The third kappa shape index (κ3) is 6.19. The van der Waals surface area contributed by atoms with Crippen LogP contribution in [0.15, 0.2) is 164 Å². The molecule has 0 radical (unpaired) electrons. The Hall–Kier alpha value is -6.79. The van der Waals surface area contributed by atoms with E-state index >= 15 is 0 Å². The molecule has 0 N–H and O–H groups in total. The van der Waals surface area contributed by atoms with Crippen LogP contribution in [0.25, 0.3) is 45.1 Å². The van der Waals surface area contributed by atoms with Crippen molar-refractivity contribution in [2.45, 2.75) is 58.1 Å². The average molecular weight is 793 g/mol. The summed E-state index contributed by atoms with van der Waals surface area (Å²) in [5, 5.41) is 1.38. The molecule has 8 aromatic rings. The summed E-state index contributed by atoms with van der Waals surface area (Å²) in [5.41, 5.74) is 16.0. The summed E-state index contributed by atoms with van der Waals surface area (Å²) in [6.07, 6.45) is 7.71. The van der Waals surface area contributed by atoms with Crippen LogP contribution in [-0.2, 0) is 5.41 Å². The van der Waals surface area contributed by atoms with Crippen LogP contribution >= 0.6 is 0 Å². The number of fused-ring (bicyclic) bond motifs is 1. The number of pyridine rings is 1. The minimum Gasteiger partial charge on any atom is -0.457 e. The van der Waals surface area contributed by atoms with Crippen molar-refractivity contribution in [2.75, 3.05) is 16.5 Å². The van der Waals surface area contributed by atoms with Crippen LogP contribution in [-0.4, -0.2) is 22.9 Å². The van der Waals surface area contributed by atoms with E-state index in [9.17, 15) is 0 Å². The van der Waals surface area contributed by atoms with E-state index in [0.29, 0.717) is 25.0 Å². The topological polar surface area (TPSA) is 33.5 Å². The smallest absolute Gasteiger partial charge is 0.187 e. The lowest BCUT2D eigenvalue weighted by Crippen LogP contribution is -2.36. The van der Waals surface area contributed by atoms with Gasteiger partial charge in [0.1, 0.15) is 24.0 Å². The van der Waals surface area contributed by atoms with Crippen molar-refractivity contribution in [3.05, 3.63) is 181 Å². The SMILES string of the molecule is CC(C)B1c2cc(Oc3cccc(N4CN(c5c(-c6ccccc6)cccc5-c5ccccc5)c5ccccc54)c3)cc3c2c2c(n3-c3cc(C(C)(C)C)ccn3)C=CCC12. The lowest BCUT2D eigenvalue weighted by Gasteiger charge is -2.27. The van der Waals surface area contributed by atoms with Gasteiger partial charge in [-0.1, -0.05) is 149 Å². The standard InChI is InChI=1S/C55H49BN4O/c1-36(2)56-45-25-16-28-49-52(45)53-46(56)33-42(34-50(53)60(49)51-31-39(29-30-57-51)55(3,4)5)61-41-22-14-21-40(32-41)58-35-59(48-27-13-12-26-47(48)58)54-43(37-17-8-6-9-18-37)23-15-24-44(54)38-19-10-7-11-20-38/h6-24,26-34,36,45H,25,35H2,1-5H3. The first-order valence-corrected chi connectivity index (χ1v) is 21.7. The zero-order valence-electron chi connectivity index (χ0n) is 35.5. The van der Waals surface area contributed by atoms with Crippen molar-refractivity contribution in [2.24, 2.45) is 0 Å². The number of anilines is 4. The first-order chi connectivity index (χ1) is 29.7. The minimum absolute atomic E-state index is 0.00564. The van der Waals surface area contributed by atoms with E-state index in [0.717, 1.165) is 35.1 Å². The first-order valence-electron chi connectivity index (χ1n) is 21.7. The molecule has 0 bridgehead atoms. The van der Waals surface area contributed by atoms with Crippen molar-refractivity contribution in [3.8, 4) is 39.6 Å². The van der Waals surface area contributed by atoms with Crippen molar-refractivity contribution in [1.82, 2.24) is 9.55 Å². The molecule has 6 aromatic carbocycles. The van der Waals surface area contributed by atoms with Gasteiger partial charge in [-0.25, -0.2) is 4.98 Å². The Morgan fingerprint density at radius 1 is 0.689 bits per heavy atom. The van der Waals surface area contributed by atoms with Crippen LogP contribution in [0.2, 0.25) is 5.82 Å². The summed E-state index contributed by atoms with van der Waals surface area (Å²) in [7, 11) is 0. The molecule has 11 rings (SSSR count). The van der Waals surface area contributed by atoms with E-state index < -0.39 is 0 Å². The van der Waals surface area contributed by atoms with Crippen molar-refractivity contribution >= 4 is 51.9 Å². The van der Waals surface area contributed by atoms with E-state index in [4.69, 9.17) is 9.72 Å². The lowest BCUT2D eigenvalue weighted by molar-refractivity contribution is 0.483. The maximum atomic E-state index is 7.01. The predicted octanol–water partition coefficient (Wildman–Crippen LogP) is 13.9. The molecule has 2 aromatic heterocycles. The summed E-state index contributed by atoms with van der Waals surface area (Å²) in [6.45, 7) is 12.6. The van der Waals surface area contributed by atoms with Gasteiger partial charge in [0.25, 0.3) is 0 Å². The highest BCUT2D eigenvalue weighted by Crippen LogP contribution is 2.51. The highest BCUT2D eigenvalue weighted by Gasteiger charge is 2.44. The molecule has 1 atom stereocenters. The van der Waals surface area contributed by atoms with Gasteiger partial charge in [-0.05, 0) is 93.8 Å². The van der Waals surface area contributed by atoms with Gasteiger partial charge in [0, 0.05) is 35.1 Å². The van der Waals surface area contributed by atoms with Gasteiger partial charge >= 0.3 is 0 Å². The second-order valence-corrected chi connectivity index (χ2v) is 18.2. The number of nitrogens with zero attached hydrogens (tertiary/aromatic N) is 4. The highest BCUT2D eigenvalue weighted by atomic mass is 16.5. The minimum atomic E-state index is 0.00564. The molecular weight excluding hydrogens is 743 g/mol. The molecule has 2 aliphatic heterocycles. The number of aromatic nitrogens is 2. The molecule has 6 heteroatoms. The summed E-state index contributed by atoms with van der Waals surface area (Å²) in [4.78, 5) is 9.89. The van der Waals surface area contributed by atoms with Gasteiger partial charge in [-0.3, -0.25) is 4.57 Å². The largest absolute Gasteiger partial charge is 0.457 e. The zero-order valence-corrected chi connectivity index (χ0v) is 35.5. The first kappa shape index (κ1) is 37.2. The number of benzene rings is 6. The Bertz CT molecular complexity index is 2940. The van der Waals surface area contributed by atoms with Crippen LogP contribution < -0.4 is 20.0 Å². The molecule has 1 unspecified atom stereocenters. The van der Waals surface area contributed by atoms with Crippen molar-refractivity contribution in [3.63, 3.8) is 0 Å². The molecule has 0 amide bonds. The summed E-state index contributed by atoms with van der Waals surface area (Å²) in [5.74, 6) is 3.55. The fourth-order valence-corrected chi connectivity index (χ4v) is 10.4. The molecule has 5 nitrogen and oxygen atoms in total. The predicted molar refractivity (Wildman–Crippen MR) is 256 cm³/mol. The number of hydrogen-bond acceptors (Lipinski definition) is 4. The summed E-state index contributed by atoms with van der Waals surface area (Å²) < 4.78 is 9.39. The quantitative estimate of drug-likeness (QED) is 0.144. The van der Waals surface area contributed by atoms with E-state index in [2.05, 4.69) is 213 Å². The van der Waals surface area contributed by atoms with Crippen LogP contribution in [0.4, 0.5) is 22.7 Å². The Labute approximate surface area is 359 Å². The highest BCUT2D eigenvalue weighted by molar-refractivity contribution is 6.80. The fraction of sp³-hybridized carbons (Fsp3) is 0.182. The zero-order chi connectivity index (χ0) is 41.4. The van der Waals surface area contributed by atoms with E-state index in [1.165, 1.54) is 66.8 Å². The molecule has 4 heterocycles. The Kier molecular flexibility index (Phi) is 8.82. The summed E-state index contributed by atoms with van der Waals surface area (Å²) >= 11 is 0. The molecular formula is C55H49BN4O. The fourth-order valence-electron chi connectivity index (χ4n) is 10.4. The molecule has 1 aliphatic carbocycles. The van der Waals surface area contributed by atoms with E-state index in [-0.39, 0.29) is 5.41 Å². The van der Waals surface area contributed by atoms with Crippen LogP contribution in [0.5, 0.6) is 11.5 Å². The molecule has 0 fully saturated rings. The Morgan fingerprint density at radius 3 is 2.05 bits per heavy atom. The third-order valence-corrected chi connectivity index (χ3v) is 13.1. The second-order valence-electron chi connectivity index (χ2n) is 18.2. The van der Waals surface area contributed by atoms with Crippen molar-refractivity contribution in [1.29, 1.82) is 0 Å². The maximum Gasteiger partial charge on any atom is 0.187 e. The number of para-hydroxylation sites is 3. The van der Waals surface area contributed by atoms with Crippen LogP contribution in [0, 0.1) is 0 Å². The normalized spacial score (nSPS) is 15.3. The number of ether oxygens (including phenoxy) is 1. The van der Waals surface area contributed by atoms with Gasteiger partial charge in [0.15, 0.2) is 6.71 Å². The molecule has 61 heavy (non-hydrogen) atoms. The van der Waals surface area contributed by atoms with E-state index in [1.54, 1.807) is 0 Å². The van der Waals surface area contributed by atoms with E-state index in [1.807, 2.05) is 6.20 Å². The Morgan fingerprint density at radius 2 is 1.36 bits per heavy atom. The van der Waals surface area contributed by atoms with Crippen LogP contribution in [0.3, 0.4) is 0 Å². The van der Waals surface area contributed by atoms with Gasteiger partial charge in [-0.15, -0.1) is 0 Å². The third-order valence-electron chi connectivity index (χ3n) is 13.1. The monoisotopic (exact) mass is 792 g/mol. The average Bonchev–Trinajstić information content (AvgIpc) is 3.95. The van der Waals surface area contributed by atoms with Gasteiger partial charge < -0.3 is 14.5 Å². The second kappa shape index (κ2) is 14.4. The number of allylic oxidation sites excluding steroid dienone is 1. The number of rotatable bonds is 8. The maximum absolute atomic E-state index is 7.01. The lowest BCUT2D eigenvalue weighted by atomic mass is 9.32. The molecule has 0 spiro atoms. The van der Waals surface area contributed by atoms with Crippen molar-refractivity contribution < 1.29 is 4.74 Å².